The second kappa shape index (κ2) is 11.0. The van der Waals surface area contributed by atoms with Gasteiger partial charge in [-0.1, -0.05) is 25.8 Å². The van der Waals surface area contributed by atoms with Crippen LogP contribution < -0.4 is 4.57 Å². The third kappa shape index (κ3) is 7.34. The summed E-state index contributed by atoms with van der Waals surface area (Å²) in [6.45, 7) is 3.41. The third-order valence-electron chi connectivity index (χ3n) is 2.05. The number of pyridine rings is 1. The van der Waals surface area contributed by atoms with Crippen LogP contribution in [0.4, 0.5) is 0 Å². The Kier molecular flexibility index (Phi) is 12.8. The predicted octanol–water partition coefficient (Wildman–Crippen LogP) is 3.55. The maximum atomic E-state index is 2.25. The van der Waals surface area contributed by atoms with E-state index >= 15 is 0 Å². The van der Waals surface area contributed by atoms with Crippen LogP contribution in [0.1, 0.15) is 32.6 Å². The van der Waals surface area contributed by atoms with E-state index in [9.17, 15) is 0 Å². The van der Waals surface area contributed by atoms with Crippen molar-refractivity contribution in [2.75, 3.05) is 0 Å². The molecule has 1 nitrogen and oxygen atoms in total. The molecule has 3 heteroatoms. The van der Waals surface area contributed by atoms with Gasteiger partial charge in [-0.15, -0.1) is 29.4 Å². The number of nitrogens with zero attached hydrogens (tertiary/aromatic N) is 1. The molecule has 0 aliphatic rings. The minimum atomic E-state index is 0. The third-order valence-corrected chi connectivity index (χ3v) is 2.05. The molecular formula is C11H20BrClN+. The Morgan fingerprint density at radius 3 is 2.14 bits per heavy atom. The minimum Gasteiger partial charge on any atom is -0.205 e. The van der Waals surface area contributed by atoms with E-state index in [0.717, 1.165) is 0 Å². The normalized spacial score (nSPS) is 8.64. The van der Waals surface area contributed by atoms with Crippen LogP contribution in [0.3, 0.4) is 0 Å². The topological polar surface area (TPSA) is 3.88 Å². The smallest absolute Gasteiger partial charge is 0.168 e. The SMILES string of the molecule is Br.CCCCCC[n+]1ccccc1.Cl. The zero-order valence-corrected chi connectivity index (χ0v) is 11.2. The average Bonchev–Trinajstić information content (AvgIpc) is 2.14. The zero-order chi connectivity index (χ0) is 8.65. The molecular weight excluding hydrogens is 261 g/mol. The fourth-order valence-corrected chi connectivity index (χ4v) is 1.30. The standard InChI is InChI=1S/C11H18N.BrH.ClH/c1-2-3-4-6-9-12-10-7-5-8-11-12;;/h5,7-8,10-11H,2-4,6,9H2,1H3;2*1H/q+1;;. The van der Waals surface area contributed by atoms with Crippen LogP contribution in [0.2, 0.25) is 0 Å². The molecule has 0 saturated heterocycles. The Bertz CT molecular complexity index is 204. The molecule has 0 aliphatic heterocycles. The van der Waals surface area contributed by atoms with Crippen LogP contribution in [0.25, 0.3) is 0 Å². The van der Waals surface area contributed by atoms with E-state index in [-0.39, 0.29) is 29.4 Å². The first-order chi connectivity index (χ1) is 5.93. The van der Waals surface area contributed by atoms with Crippen molar-refractivity contribution in [3.05, 3.63) is 30.6 Å². The summed E-state index contributed by atoms with van der Waals surface area (Å²) in [6.07, 6.45) is 9.62. The molecule has 1 aromatic rings. The summed E-state index contributed by atoms with van der Waals surface area (Å²) in [5.41, 5.74) is 0. The van der Waals surface area contributed by atoms with Crippen molar-refractivity contribution in [1.82, 2.24) is 0 Å². The second-order valence-corrected chi connectivity index (χ2v) is 3.17. The van der Waals surface area contributed by atoms with Gasteiger partial charge in [0.15, 0.2) is 12.4 Å². The first kappa shape index (κ1) is 16.4. The van der Waals surface area contributed by atoms with Gasteiger partial charge in [-0.3, -0.25) is 0 Å². The van der Waals surface area contributed by atoms with Gasteiger partial charge in [0, 0.05) is 18.6 Å². The summed E-state index contributed by atoms with van der Waals surface area (Å²) in [6, 6.07) is 6.22. The van der Waals surface area contributed by atoms with Crippen molar-refractivity contribution in [1.29, 1.82) is 0 Å². The Morgan fingerprint density at radius 1 is 0.929 bits per heavy atom. The average molecular weight is 282 g/mol. The number of rotatable bonds is 5. The summed E-state index contributed by atoms with van der Waals surface area (Å²) >= 11 is 0. The summed E-state index contributed by atoms with van der Waals surface area (Å²) in [5, 5.41) is 0. The fourth-order valence-electron chi connectivity index (χ4n) is 1.30. The van der Waals surface area contributed by atoms with Gasteiger partial charge in [-0.05, 0) is 6.42 Å². The van der Waals surface area contributed by atoms with Crippen molar-refractivity contribution >= 4 is 29.4 Å². The lowest BCUT2D eigenvalue weighted by Gasteiger charge is -1.95. The molecule has 0 unspecified atom stereocenters. The predicted molar refractivity (Wildman–Crippen MR) is 68.3 cm³/mol. The van der Waals surface area contributed by atoms with Crippen molar-refractivity contribution in [2.45, 2.75) is 39.2 Å². The highest BCUT2D eigenvalue weighted by Gasteiger charge is 1.95. The van der Waals surface area contributed by atoms with Crippen molar-refractivity contribution in [3.63, 3.8) is 0 Å². The molecule has 0 aliphatic carbocycles. The van der Waals surface area contributed by atoms with Gasteiger partial charge in [-0.25, -0.2) is 4.57 Å². The second-order valence-electron chi connectivity index (χ2n) is 3.17. The number of unbranched alkanes of at least 4 members (excludes halogenated alkanes) is 3. The molecule has 0 radical (unpaired) electrons. The van der Waals surface area contributed by atoms with Crippen molar-refractivity contribution in [2.24, 2.45) is 0 Å². The molecule has 1 aromatic heterocycles. The molecule has 0 fully saturated rings. The molecule has 82 valence electrons. The Hall–Kier alpha value is -0.0800. The van der Waals surface area contributed by atoms with Crippen LogP contribution in [0, 0.1) is 0 Å². The van der Waals surface area contributed by atoms with Crippen LogP contribution in [-0.2, 0) is 6.54 Å². The molecule has 0 saturated carbocycles. The molecule has 0 N–H and O–H groups in total. The largest absolute Gasteiger partial charge is 0.205 e. The van der Waals surface area contributed by atoms with Crippen LogP contribution in [0.15, 0.2) is 30.6 Å². The summed E-state index contributed by atoms with van der Waals surface area (Å²) in [4.78, 5) is 0. The monoisotopic (exact) mass is 280 g/mol. The van der Waals surface area contributed by atoms with E-state index in [1.807, 2.05) is 0 Å². The molecule has 0 spiro atoms. The number of aryl methyl sites for hydroxylation is 1. The van der Waals surface area contributed by atoms with Crippen molar-refractivity contribution < 1.29 is 4.57 Å². The lowest BCUT2D eigenvalue weighted by molar-refractivity contribution is -0.697. The number of aromatic nitrogens is 1. The molecule has 1 rings (SSSR count). The van der Waals surface area contributed by atoms with Crippen molar-refractivity contribution in [3.8, 4) is 0 Å². The van der Waals surface area contributed by atoms with Gasteiger partial charge < -0.3 is 0 Å². The van der Waals surface area contributed by atoms with Crippen LogP contribution in [0.5, 0.6) is 0 Å². The Morgan fingerprint density at radius 2 is 1.57 bits per heavy atom. The highest BCUT2D eigenvalue weighted by Crippen LogP contribution is 1.97. The van der Waals surface area contributed by atoms with Gasteiger partial charge >= 0.3 is 0 Å². The first-order valence-electron chi connectivity index (χ1n) is 4.87. The number of hydrogen-bond acceptors (Lipinski definition) is 0. The summed E-state index contributed by atoms with van der Waals surface area (Å²) in [7, 11) is 0. The van der Waals surface area contributed by atoms with E-state index in [4.69, 9.17) is 0 Å². The van der Waals surface area contributed by atoms with Crippen LogP contribution >= 0.6 is 29.4 Å². The van der Waals surface area contributed by atoms with E-state index in [1.54, 1.807) is 0 Å². The molecule has 0 aromatic carbocycles. The lowest BCUT2D eigenvalue weighted by atomic mass is 10.2. The fraction of sp³-hybridized carbons (Fsp3) is 0.545. The zero-order valence-electron chi connectivity index (χ0n) is 8.69. The molecule has 0 atom stereocenters. The maximum Gasteiger partial charge on any atom is 0.168 e. The quantitative estimate of drug-likeness (QED) is 0.574. The number of halogens is 2. The Labute approximate surface area is 104 Å². The highest BCUT2D eigenvalue weighted by molar-refractivity contribution is 8.93. The highest BCUT2D eigenvalue weighted by atomic mass is 79.9. The van der Waals surface area contributed by atoms with E-state index in [2.05, 4.69) is 42.1 Å². The van der Waals surface area contributed by atoms with Gasteiger partial charge in [0.25, 0.3) is 0 Å². The van der Waals surface area contributed by atoms with Gasteiger partial charge in [-0.2, -0.15) is 0 Å². The van der Waals surface area contributed by atoms with Gasteiger partial charge in [0.2, 0.25) is 0 Å². The Balaban J connectivity index is 0. The van der Waals surface area contributed by atoms with Gasteiger partial charge in [0.05, 0.1) is 0 Å². The van der Waals surface area contributed by atoms with E-state index in [1.165, 1.54) is 32.2 Å². The lowest BCUT2D eigenvalue weighted by Crippen LogP contribution is -2.32. The molecule has 1 heterocycles. The summed E-state index contributed by atoms with van der Waals surface area (Å²) in [5.74, 6) is 0. The first-order valence-corrected chi connectivity index (χ1v) is 4.87. The summed E-state index contributed by atoms with van der Waals surface area (Å²) < 4.78 is 2.25. The minimum absolute atomic E-state index is 0. The van der Waals surface area contributed by atoms with Gasteiger partial charge in [0.1, 0.15) is 6.54 Å². The van der Waals surface area contributed by atoms with E-state index < -0.39 is 0 Å². The van der Waals surface area contributed by atoms with E-state index in [0.29, 0.717) is 0 Å². The maximum absolute atomic E-state index is 2.25. The molecule has 0 bridgehead atoms. The molecule has 14 heavy (non-hydrogen) atoms. The molecule has 0 amide bonds. The number of hydrogen-bond donors (Lipinski definition) is 0. The van der Waals surface area contributed by atoms with Crippen LogP contribution in [-0.4, -0.2) is 0 Å².